The topological polar surface area (TPSA) is 36.9 Å². The highest BCUT2D eigenvalue weighted by atomic mass is 79.9. The van der Waals surface area contributed by atoms with Crippen molar-refractivity contribution in [3.63, 3.8) is 0 Å². The lowest BCUT2D eigenvalue weighted by Gasteiger charge is -2.60. The van der Waals surface area contributed by atoms with Gasteiger partial charge >= 0.3 is 0 Å². The molecule has 15 rings (SSSR count). The van der Waals surface area contributed by atoms with E-state index in [1.165, 1.54) is 77.0 Å². The summed E-state index contributed by atoms with van der Waals surface area (Å²) in [6, 6.07) is 16.8. The van der Waals surface area contributed by atoms with E-state index in [0.29, 0.717) is 70.4 Å². The summed E-state index contributed by atoms with van der Waals surface area (Å²) < 4.78 is 29.5. The van der Waals surface area contributed by atoms with Gasteiger partial charge in [0.15, 0.2) is 0 Å². The van der Waals surface area contributed by atoms with Gasteiger partial charge in [-0.1, -0.05) is 111 Å². The van der Waals surface area contributed by atoms with E-state index >= 15 is 0 Å². The molecule has 0 unspecified atom stereocenters. The van der Waals surface area contributed by atoms with E-state index in [9.17, 15) is 0 Å². The van der Waals surface area contributed by atoms with Crippen molar-refractivity contribution in [1.29, 1.82) is 0 Å². The lowest BCUT2D eigenvalue weighted by molar-refractivity contribution is -0.114. The largest absolute Gasteiger partial charge is 0.492 e. The minimum absolute atomic E-state index is 0.374. The molecule has 12 saturated carbocycles. The maximum Gasteiger partial charge on any atom is 0.136 e. The molecule has 68 heavy (non-hydrogen) atoms. The molecule has 4 nitrogen and oxygen atoms in total. The third-order valence-electron chi connectivity index (χ3n) is 21.4. The van der Waals surface area contributed by atoms with Gasteiger partial charge in [-0.25, -0.2) is 0 Å². The maximum atomic E-state index is 7.04. The molecule has 12 aliphatic carbocycles. The van der Waals surface area contributed by atoms with Crippen LogP contribution in [0, 0.1) is 116 Å². The molecule has 362 valence electrons. The third kappa shape index (κ3) is 8.46. The van der Waals surface area contributed by atoms with E-state index < -0.39 is 0 Å². The Morgan fingerprint density at radius 3 is 0.912 bits per heavy atom. The molecule has 0 heterocycles. The summed E-state index contributed by atoms with van der Waals surface area (Å²) in [5, 5.41) is 0. The Morgan fingerprint density at radius 2 is 0.647 bits per heavy atom. The summed E-state index contributed by atoms with van der Waals surface area (Å²) in [7, 11) is 0. The lowest BCUT2D eigenvalue weighted by Crippen LogP contribution is -2.53. The zero-order chi connectivity index (χ0) is 47.3. The van der Waals surface area contributed by atoms with E-state index in [2.05, 4.69) is 159 Å². The van der Waals surface area contributed by atoms with E-state index in [-0.39, 0.29) is 0 Å². The predicted molar refractivity (Wildman–Crippen MR) is 281 cm³/mol. The highest BCUT2D eigenvalue weighted by molar-refractivity contribution is 9.10. The summed E-state index contributed by atoms with van der Waals surface area (Å²) >= 11 is 7.54. The first kappa shape index (κ1) is 47.3. The number of fused-ring (bicyclic) bond motifs is 8. The summed E-state index contributed by atoms with van der Waals surface area (Å²) in [6.45, 7) is 22.6. The van der Waals surface area contributed by atoms with Gasteiger partial charge in [-0.05, 0) is 206 Å². The Kier molecular flexibility index (Phi) is 12.4. The second-order valence-corrected chi connectivity index (χ2v) is 27.5. The number of ether oxygens (including phenoxy) is 4. The molecule has 8 bridgehead atoms. The summed E-state index contributed by atoms with van der Waals surface area (Å²) in [4.78, 5) is 0. The molecule has 0 N–H and O–H groups in total. The Morgan fingerprint density at radius 1 is 0.382 bits per heavy atom. The maximum absolute atomic E-state index is 7.04. The zero-order valence-electron chi connectivity index (χ0n) is 42.2. The van der Waals surface area contributed by atoms with Gasteiger partial charge in [-0.2, -0.15) is 0 Å². The van der Waals surface area contributed by atoms with Gasteiger partial charge < -0.3 is 18.9 Å². The number of hydrogen-bond donors (Lipinski definition) is 0. The molecule has 3 aromatic carbocycles. The molecular weight excluding hydrogens is 968 g/mol. The number of benzene rings is 3. The van der Waals surface area contributed by atoms with Crippen molar-refractivity contribution in [1.82, 2.24) is 0 Å². The quantitative estimate of drug-likeness (QED) is 0.169. The van der Waals surface area contributed by atoms with Gasteiger partial charge in [-0.15, -0.1) is 0 Å². The molecule has 6 heteroatoms. The van der Waals surface area contributed by atoms with Crippen LogP contribution >= 0.6 is 31.9 Å². The van der Waals surface area contributed by atoms with E-state index in [1.807, 2.05) is 0 Å². The molecule has 0 aliphatic heterocycles. The minimum Gasteiger partial charge on any atom is -0.492 e. The Labute approximate surface area is 426 Å². The van der Waals surface area contributed by atoms with E-state index in [4.69, 9.17) is 18.9 Å². The molecular formula is C62H76Br2O4. The molecule has 3 aromatic rings. The first-order valence-corrected chi connectivity index (χ1v) is 28.4. The lowest BCUT2D eigenvalue weighted by atomic mass is 9.46. The van der Waals surface area contributed by atoms with Crippen LogP contribution in [0.4, 0.5) is 0 Å². The fourth-order valence-electron chi connectivity index (χ4n) is 16.2. The smallest absolute Gasteiger partial charge is 0.136 e. The van der Waals surface area contributed by atoms with Crippen LogP contribution in [-0.4, -0.2) is 26.4 Å². The Balaban J connectivity index is 0.930. The van der Waals surface area contributed by atoms with Gasteiger partial charge in [0.25, 0.3) is 0 Å². The van der Waals surface area contributed by atoms with E-state index in [0.717, 1.165) is 103 Å². The van der Waals surface area contributed by atoms with Gasteiger partial charge in [0.2, 0.25) is 0 Å². The normalized spacial score (nSPS) is 34.4. The van der Waals surface area contributed by atoms with Crippen LogP contribution < -0.4 is 18.9 Å². The first-order valence-electron chi connectivity index (χ1n) is 26.8. The van der Waals surface area contributed by atoms with Crippen molar-refractivity contribution < 1.29 is 18.9 Å². The van der Waals surface area contributed by atoms with Crippen molar-refractivity contribution in [3.8, 4) is 46.7 Å². The summed E-state index contributed by atoms with van der Waals surface area (Å²) in [5.74, 6) is 26.2. The fourth-order valence-corrected chi connectivity index (χ4v) is 16.9. The van der Waals surface area contributed by atoms with Crippen molar-refractivity contribution in [2.75, 3.05) is 26.4 Å². The molecule has 0 saturated heterocycles. The average Bonchev–Trinajstić information content (AvgIpc) is 3.33. The van der Waals surface area contributed by atoms with Crippen LogP contribution in [0.3, 0.4) is 0 Å². The van der Waals surface area contributed by atoms with Crippen LogP contribution in [0.5, 0.6) is 23.0 Å². The molecule has 12 fully saturated rings. The zero-order valence-corrected chi connectivity index (χ0v) is 45.4. The molecule has 0 aromatic heterocycles. The number of rotatable bonds is 12. The highest BCUT2D eigenvalue weighted by Crippen LogP contribution is 2.64. The summed E-state index contributed by atoms with van der Waals surface area (Å²) in [6.07, 6.45) is 15.5. The second-order valence-electron chi connectivity index (χ2n) is 25.7. The molecule has 0 amide bonds. The second kappa shape index (κ2) is 17.9. The molecule has 12 atom stereocenters. The third-order valence-corrected chi connectivity index (χ3v) is 22.4. The monoisotopic (exact) mass is 1040 g/mol. The summed E-state index contributed by atoms with van der Waals surface area (Å²) in [5.41, 5.74) is 5.02. The van der Waals surface area contributed by atoms with Crippen molar-refractivity contribution in [2.45, 2.75) is 132 Å². The van der Waals surface area contributed by atoms with Crippen LogP contribution in [0.25, 0.3) is 0 Å². The highest BCUT2D eigenvalue weighted by Gasteiger charge is 2.57. The van der Waals surface area contributed by atoms with Gasteiger partial charge in [0.05, 0.1) is 48.7 Å². The van der Waals surface area contributed by atoms with Gasteiger partial charge in [0, 0.05) is 21.1 Å². The first-order chi connectivity index (χ1) is 32.5. The Bertz CT molecular complexity index is 2360. The van der Waals surface area contributed by atoms with Crippen LogP contribution in [0.15, 0.2) is 57.5 Å². The van der Waals surface area contributed by atoms with Crippen LogP contribution in [0.1, 0.15) is 155 Å². The molecule has 0 spiro atoms. The van der Waals surface area contributed by atoms with Crippen molar-refractivity contribution in [2.24, 2.45) is 92.7 Å². The van der Waals surface area contributed by atoms with Crippen molar-refractivity contribution in [3.05, 3.63) is 79.7 Å². The SMILES string of the molecule is CC1(C)[C@@H]2CC[C@@H](COc3ccc(Br)cc3C#Cc3cc(OC[C@@H]4CC[C@@H]5C[C@@H]4C5(C)C)c(C#Cc4cc(Br)ccc4OC[C@@H]4CC[C@@H]5C[C@@H]4C5(C)C)cc3OC[C@@H]3CC[C@@H]4C[C@@H]3C4(C)C)[C@@H]1C2. The average molecular weight is 1050 g/mol. The van der Waals surface area contributed by atoms with Gasteiger partial charge in [-0.3, -0.25) is 0 Å². The molecule has 12 aliphatic rings. The van der Waals surface area contributed by atoms with Crippen LogP contribution in [-0.2, 0) is 0 Å². The van der Waals surface area contributed by atoms with Crippen molar-refractivity contribution >= 4 is 31.9 Å². The van der Waals surface area contributed by atoms with Gasteiger partial charge in [0.1, 0.15) is 23.0 Å². The minimum atomic E-state index is 0.374. The van der Waals surface area contributed by atoms with Crippen LogP contribution in [0.2, 0.25) is 0 Å². The number of halogens is 2. The number of hydrogen-bond acceptors (Lipinski definition) is 4. The predicted octanol–water partition coefficient (Wildman–Crippen LogP) is 15.8. The fraction of sp³-hybridized carbons (Fsp3) is 0.645. The standard InChI is InChI=1S/C62H76Br2O4/c1-59(2)45-17-13-41(51(59)29-45)33-65-55-23-21-49(63)25-37(55)9-11-39-27-58(68-36-44-16-20-48-32-54(44)62(48,7)8)40(28-57(39)67-35-43-15-19-47-31-53(43)61(47,5)6)12-10-38-26-50(64)22-24-56(38)66-34-42-14-18-46-30-52(42)60(46,3)4/h21-28,41-48,51-54H,13-20,29-36H2,1-8H3/t41-,42-,43-,44-,45+,46+,47+,48+,51-,52-,53-,54-/m0/s1. The van der Waals surface area contributed by atoms with E-state index in [1.54, 1.807) is 0 Å². The molecule has 0 radical (unpaired) electrons. The Hall–Kier alpha value is -3.06.